The number of ether oxygens (including phenoxy) is 3. The molecule has 0 bridgehead atoms. The normalized spacial score (nSPS) is 11.8. The Bertz CT molecular complexity index is 1690. The average Bonchev–Trinajstić information content (AvgIpc) is 2.95. The standard InChI is InChI=1S/C29H25FN4O4/c1-34-28(27(31)17-7-5-4-6-8-17)33-16-20(29(34)35)18-9-10-24(21(30)13-18)38-23-11-12-32-22-15-26(37-3)25(36-2)14-19(22)23/h4-16,27H,31H2,1-3H3/t27-/m1/s1. The Balaban J connectivity index is 1.46. The van der Waals surface area contributed by atoms with Crippen LogP contribution in [0.15, 0.2) is 83.9 Å². The Morgan fingerprint density at radius 3 is 2.34 bits per heavy atom. The van der Waals surface area contributed by atoms with Crippen molar-refractivity contribution in [1.82, 2.24) is 14.5 Å². The van der Waals surface area contributed by atoms with Gasteiger partial charge in [0.1, 0.15) is 11.6 Å². The SMILES string of the molecule is COc1cc2nccc(Oc3ccc(-c4cnc([C@H](N)c5ccccc5)n(C)c4=O)cc3F)c2cc1OC. The number of fused-ring (bicyclic) bond motifs is 1. The maximum Gasteiger partial charge on any atom is 0.261 e. The minimum absolute atomic E-state index is 0.0106. The molecule has 2 heterocycles. The van der Waals surface area contributed by atoms with Crippen molar-refractivity contribution in [3.05, 3.63) is 107 Å². The molecule has 0 aliphatic heterocycles. The first-order chi connectivity index (χ1) is 18.4. The second-order valence-electron chi connectivity index (χ2n) is 8.56. The quantitative estimate of drug-likeness (QED) is 0.328. The molecule has 0 fully saturated rings. The number of halogens is 1. The van der Waals surface area contributed by atoms with Crippen LogP contribution in [0.3, 0.4) is 0 Å². The first-order valence-electron chi connectivity index (χ1n) is 11.8. The van der Waals surface area contributed by atoms with Crippen LogP contribution in [0.25, 0.3) is 22.0 Å². The maximum absolute atomic E-state index is 15.2. The predicted molar refractivity (Wildman–Crippen MR) is 142 cm³/mol. The third-order valence-electron chi connectivity index (χ3n) is 6.31. The fourth-order valence-corrected chi connectivity index (χ4v) is 4.26. The number of methoxy groups -OCH3 is 2. The average molecular weight is 513 g/mol. The first kappa shape index (κ1) is 24.9. The van der Waals surface area contributed by atoms with E-state index in [9.17, 15) is 4.79 Å². The van der Waals surface area contributed by atoms with Gasteiger partial charge in [-0.3, -0.25) is 14.3 Å². The number of nitrogens with two attached hydrogens (primary N) is 1. The van der Waals surface area contributed by atoms with Gasteiger partial charge in [0.05, 0.1) is 31.3 Å². The fraction of sp³-hybridized carbons (Fsp3) is 0.138. The lowest BCUT2D eigenvalue weighted by atomic mass is 10.1. The van der Waals surface area contributed by atoms with Crippen LogP contribution in [0, 0.1) is 5.82 Å². The molecular formula is C29H25FN4O4. The van der Waals surface area contributed by atoms with E-state index in [1.54, 1.807) is 37.5 Å². The molecule has 2 aromatic heterocycles. The van der Waals surface area contributed by atoms with Crippen molar-refractivity contribution in [3.8, 4) is 34.1 Å². The number of hydrogen-bond acceptors (Lipinski definition) is 7. The molecule has 192 valence electrons. The molecule has 1 atom stereocenters. The van der Waals surface area contributed by atoms with E-state index in [2.05, 4.69) is 9.97 Å². The van der Waals surface area contributed by atoms with Gasteiger partial charge in [0.2, 0.25) is 0 Å². The molecule has 0 unspecified atom stereocenters. The summed E-state index contributed by atoms with van der Waals surface area (Å²) in [5, 5.41) is 0.622. The molecule has 0 spiro atoms. The van der Waals surface area contributed by atoms with Crippen molar-refractivity contribution in [2.24, 2.45) is 12.8 Å². The van der Waals surface area contributed by atoms with Gasteiger partial charge < -0.3 is 19.9 Å². The monoisotopic (exact) mass is 512 g/mol. The minimum Gasteiger partial charge on any atom is -0.493 e. The van der Waals surface area contributed by atoms with Gasteiger partial charge in [-0.05, 0) is 35.4 Å². The first-order valence-corrected chi connectivity index (χ1v) is 11.8. The zero-order valence-corrected chi connectivity index (χ0v) is 21.0. The van der Waals surface area contributed by atoms with Crippen molar-refractivity contribution in [1.29, 1.82) is 0 Å². The third-order valence-corrected chi connectivity index (χ3v) is 6.31. The van der Waals surface area contributed by atoms with Crippen LogP contribution in [-0.4, -0.2) is 28.8 Å². The molecule has 0 saturated carbocycles. The molecule has 2 N–H and O–H groups in total. The zero-order valence-electron chi connectivity index (χ0n) is 21.0. The molecule has 5 aromatic rings. The Morgan fingerprint density at radius 2 is 1.63 bits per heavy atom. The van der Waals surface area contributed by atoms with Crippen LogP contribution in [0.4, 0.5) is 4.39 Å². The van der Waals surface area contributed by atoms with E-state index < -0.39 is 11.9 Å². The van der Waals surface area contributed by atoms with Gasteiger partial charge >= 0.3 is 0 Å². The lowest BCUT2D eigenvalue weighted by Gasteiger charge is -2.16. The zero-order chi connectivity index (χ0) is 26.8. The van der Waals surface area contributed by atoms with Crippen LogP contribution < -0.4 is 25.5 Å². The van der Waals surface area contributed by atoms with Gasteiger partial charge in [-0.1, -0.05) is 36.4 Å². The van der Waals surface area contributed by atoms with Crippen LogP contribution in [0.2, 0.25) is 0 Å². The highest BCUT2D eigenvalue weighted by atomic mass is 19.1. The van der Waals surface area contributed by atoms with Crippen molar-refractivity contribution in [3.63, 3.8) is 0 Å². The molecule has 8 nitrogen and oxygen atoms in total. The predicted octanol–water partition coefficient (Wildman–Crippen LogP) is 4.99. The molecule has 5 rings (SSSR count). The van der Waals surface area contributed by atoms with Crippen molar-refractivity contribution < 1.29 is 18.6 Å². The Kier molecular flexibility index (Phi) is 6.76. The summed E-state index contributed by atoms with van der Waals surface area (Å²) in [6.07, 6.45) is 2.98. The molecule has 9 heteroatoms. The van der Waals surface area contributed by atoms with Gasteiger partial charge in [-0.2, -0.15) is 0 Å². The summed E-state index contributed by atoms with van der Waals surface area (Å²) in [7, 11) is 4.66. The highest BCUT2D eigenvalue weighted by molar-refractivity contribution is 5.88. The molecule has 0 aliphatic rings. The minimum atomic E-state index is -0.639. The Labute approximate surface area is 218 Å². The highest BCUT2D eigenvalue weighted by Crippen LogP contribution is 2.37. The van der Waals surface area contributed by atoms with Gasteiger partial charge in [0.15, 0.2) is 23.1 Å². The molecule has 0 aliphatic carbocycles. The fourth-order valence-electron chi connectivity index (χ4n) is 4.26. The molecule has 0 radical (unpaired) electrons. The van der Waals surface area contributed by atoms with Crippen LogP contribution in [-0.2, 0) is 7.05 Å². The summed E-state index contributed by atoms with van der Waals surface area (Å²) >= 11 is 0. The van der Waals surface area contributed by atoms with E-state index in [1.165, 1.54) is 37.1 Å². The second-order valence-corrected chi connectivity index (χ2v) is 8.56. The summed E-state index contributed by atoms with van der Waals surface area (Å²) in [5.74, 6) is 1.16. The number of benzene rings is 3. The number of hydrogen-bond donors (Lipinski definition) is 1. The van der Waals surface area contributed by atoms with E-state index >= 15 is 4.39 Å². The molecular weight excluding hydrogens is 487 g/mol. The van der Waals surface area contributed by atoms with Crippen molar-refractivity contribution in [2.75, 3.05) is 14.2 Å². The van der Waals surface area contributed by atoms with E-state index in [4.69, 9.17) is 19.9 Å². The van der Waals surface area contributed by atoms with Crippen molar-refractivity contribution in [2.45, 2.75) is 6.04 Å². The molecule has 38 heavy (non-hydrogen) atoms. The second kappa shape index (κ2) is 10.3. The molecule has 0 amide bonds. The van der Waals surface area contributed by atoms with E-state index in [-0.39, 0.29) is 16.9 Å². The summed E-state index contributed by atoms with van der Waals surface area (Å²) in [6, 6.07) is 18.2. The summed E-state index contributed by atoms with van der Waals surface area (Å²) in [6.45, 7) is 0. The number of nitrogens with zero attached hydrogens (tertiary/aromatic N) is 3. The highest BCUT2D eigenvalue weighted by Gasteiger charge is 2.18. The summed E-state index contributed by atoms with van der Waals surface area (Å²) < 4.78 is 33.2. The van der Waals surface area contributed by atoms with Gasteiger partial charge in [-0.25, -0.2) is 9.37 Å². The summed E-state index contributed by atoms with van der Waals surface area (Å²) in [4.78, 5) is 21.9. The lowest BCUT2D eigenvalue weighted by molar-refractivity contribution is 0.355. The topological polar surface area (TPSA) is 101 Å². The molecule has 0 saturated heterocycles. The lowest BCUT2D eigenvalue weighted by Crippen LogP contribution is -2.28. The van der Waals surface area contributed by atoms with Crippen LogP contribution in [0.1, 0.15) is 17.4 Å². The third kappa shape index (κ3) is 4.55. The van der Waals surface area contributed by atoms with Crippen LogP contribution in [0.5, 0.6) is 23.0 Å². The molecule has 3 aromatic carbocycles. The van der Waals surface area contributed by atoms with Crippen molar-refractivity contribution >= 4 is 10.9 Å². The van der Waals surface area contributed by atoms with E-state index in [0.717, 1.165) is 5.56 Å². The smallest absolute Gasteiger partial charge is 0.261 e. The number of aromatic nitrogens is 3. The number of pyridine rings is 1. The largest absolute Gasteiger partial charge is 0.493 e. The Hall–Kier alpha value is -4.76. The Morgan fingerprint density at radius 1 is 0.895 bits per heavy atom. The van der Waals surface area contributed by atoms with Crippen LogP contribution >= 0.6 is 0 Å². The van der Waals surface area contributed by atoms with Gasteiger partial charge in [0.25, 0.3) is 5.56 Å². The van der Waals surface area contributed by atoms with Gasteiger partial charge in [-0.15, -0.1) is 0 Å². The maximum atomic E-state index is 15.2. The van der Waals surface area contributed by atoms with E-state index in [1.807, 2.05) is 30.3 Å². The number of rotatable bonds is 7. The van der Waals surface area contributed by atoms with E-state index in [0.29, 0.717) is 39.5 Å². The summed E-state index contributed by atoms with van der Waals surface area (Å²) in [5.41, 5.74) is 8.05. The van der Waals surface area contributed by atoms with Gasteiger partial charge in [0, 0.05) is 30.9 Å².